The second kappa shape index (κ2) is 5.57. The first kappa shape index (κ1) is 13.5. The van der Waals surface area contributed by atoms with Gasteiger partial charge in [-0.3, -0.25) is 0 Å². The van der Waals surface area contributed by atoms with Crippen molar-refractivity contribution >= 4 is 23.3 Å². The van der Waals surface area contributed by atoms with Gasteiger partial charge in [0.1, 0.15) is 17.1 Å². The second-order valence-corrected chi connectivity index (χ2v) is 5.07. The van der Waals surface area contributed by atoms with Crippen LogP contribution in [-0.4, -0.2) is 4.98 Å². The summed E-state index contributed by atoms with van der Waals surface area (Å²) in [5.41, 5.74) is 2.81. The van der Waals surface area contributed by atoms with Crippen LogP contribution in [-0.2, 0) is 0 Å². The molecule has 0 N–H and O–H groups in total. The number of nitrogens with zero attached hydrogens (tertiary/aromatic N) is 1. The van der Waals surface area contributed by atoms with Crippen LogP contribution in [0, 0.1) is 5.82 Å². The largest absolute Gasteiger partial charge is 0.464 e. The SMILES string of the molecule is Fc1ccccc1C=Cc1nc2ccc(-c3ccco3)cc2o1. The first-order valence-corrected chi connectivity index (χ1v) is 7.17. The Bertz CT molecular complexity index is 984. The van der Waals surface area contributed by atoms with Crippen molar-refractivity contribution in [1.29, 1.82) is 0 Å². The zero-order valence-electron chi connectivity index (χ0n) is 12.1. The molecule has 0 aliphatic carbocycles. The lowest BCUT2D eigenvalue weighted by molar-refractivity contribution is 0.579. The highest BCUT2D eigenvalue weighted by atomic mass is 19.1. The number of rotatable bonds is 3. The summed E-state index contributed by atoms with van der Waals surface area (Å²) in [4.78, 5) is 4.37. The monoisotopic (exact) mass is 305 g/mol. The van der Waals surface area contributed by atoms with Gasteiger partial charge in [-0.15, -0.1) is 0 Å². The number of furan rings is 1. The Morgan fingerprint density at radius 1 is 0.957 bits per heavy atom. The number of oxazole rings is 1. The van der Waals surface area contributed by atoms with Crippen molar-refractivity contribution in [2.24, 2.45) is 0 Å². The van der Waals surface area contributed by atoms with E-state index in [0.717, 1.165) is 16.8 Å². The minimum Gasteiger partial charge on any atom is -0.464 e. The van der Waals surface area contributed by atoms with Crippen molar-refractivity contribution < 1.29 is 13.2 Å². The molecule has 3 nitrogen and oxygen atoms in total. The normalized spacial score (nSPS) is 11.5. The van der Waals surface area contributed by atoms with Crippen LogP contribution in [0.2, 0.25) is 0 Å². The summed E-state index contributed by atoms with van der Waals surface area (Å²) in [5, 5.41) is 0. The van der Waals surface area contributed by atoms with Crippen LogP contribution in [0.1, 0.15) is 11.5 Å². The molecule has 112 valence electrons. The summed E-state index contributed by atoms with van der Waals surface area (Å²) >= 11 is 0. The van der Waals surface area contributed by atoms with Gasteiger partial charge in [-0.25, -0.2) is 9.37 Å². The van der Waals surface area contributed by atoms with E-state index in [1.165, 1.54) is 6.07 Å². The third-order valence-corrected chi connectivity index (χ3v) is 3.52. The predicted octanol–water partition coefficient (Wildman–Crippen LogP) is 5.40. The van der Waals surface area contributed by atoms with Crippen molar-refractivity contribution in [2.75, 3.05) is 0 Å². The third-order valence-electron chi connectivity index (χ3n) is 3.52. The molecule has 0 spiro atoms. The summed E-state index contributed by atoms with van der Waals surface area (Å²) < 4.78 is 24.7. The second-order valence-electron chi connectivity index (χ2n) is 5.07. The summed E-state index contributed by atoms with van der Waals surface area (Å²) in [5.74, 6) is 0.923. The molecule has 2 aromatic carbocycles. The summed E-state index contributed by atoms with van der Waals surface area (Å²) in [6.45, 7) is 0. The highest BCUT2D eigenvalue weighted by molar-refractivity contribution is 5.80. The van der Waals surface area contributed by atoms with Gasteiger partial charge < -0.3 is 8.83 Å². The van der Waals surface area contributed by atoms with Crippen LogP contribution in [0.5, 0.6) is 0 Å². The topological polar surface area (TPSA) is 39.2 Å². The van der Waals surface area contributed by atoms with Crippen molar-refractivity contribution in [3.8, 4) is 11.3 Å². The first-order valence-electron chi connectivity index (χ1n) is 7.17. The van der Waals surface area contributed by atoms with E-state index in [1.54, 1.807) is 36.6 Å². The molecule has 23 heavy (non-hydrogen) atoms. The van der Waals surface area contributed by atoms with Gasteiger partial charge in [-0.05, 0) is 42.5 Å². The number of aromatic nitrogens is 1. The van der Waals surface area contributed by atoms with E-state index in [4.69, 9.17) is 8.83 Å². The van der Waals surface area contributed by atoms with E-state index in [1.807, 2.05) is 30.3 Å². The fraction of sp³-hybridized carbons (Fsp3) is 0. The van der Waals surface area contributed by atoms with Gasteiger partial charge in [0, 0.05) is 17.2 Å². The molecule has 0 radical (unpaired) electrons. The minimum atomic E-state index is -0.278. The quantitative estimate of drug-likeness (QED) is 0.509. The van der Waals surface area contributed by atoms with E-state index >= 15 is 0 Å². The number of hydrogen-bond donors (Lipinski definition) is 0. The first-order chi connectivity index (χ1) is 11.3. The molecule has 2 aromatic heterocycles. The summed E-state index contributed by atoms with van der Waals surface area (Å²) in [6, 6.07) is 15.9. The molecule has 4 heteroatoms. The molecule has 0 aliphatic heterocycles. The highest BCUT2D eigenvalue weighted by Gasteiger charge is 2.07. The Labute approximate surface area is 131 Å². The Morgan fingerprint density at radius 3 is 2.70 bits per heavy atom. The maximum Gasteiger partial charge on any atom is 0.220 e. The van der Waals surface area contributed by atoms with Gasteiger partial charge in [-0.2, -0.15) is 0 Å². The molecule has 0 atom stereocenters. The van der Waals surface area contributed by atoms with E-state index < -0.39 is 0 Å². The highest BCUT2D eigenvalue weighted by Crippen LogP contribution is 2.25. The summed E-state index contributed by atoms with van der Waals surface area (Å²) in [7, 11) is 0. The molecule has 0 aliphatic rings. The van der Waals surface area contributed by atoms with Crippen molar-refractivity contribution in [3.05, 3.63) is 78.1 Å². The van der Waals surface area contributed by atoms with Gasteiger partial charge in [0.05, 0.1) is 6.26 Å². The maximum absolute atomic E-state index is 13.6. The van der Waals surface area contributed by atoms with E-state index in [0.29, 0.717) is 17.0 Å². The number of hydrogen-bond acceptors (Lipinski definition) is 3. The van der Waals surface area contributed by atoms with Gasteiger partial charge in [-0.1, -0.05) is 18.2 Å². The standard InChI is InChI=1S/C19H12FNO2/c20-15-5-2-1-4-13(15)8-10-19-21-16-9-7-14(12-18(16)23-19)17-6-3-11-22-17/h1-12H. The molecule has 0 bridgehead atoms. The predicted molar refractivity (Wildman–Crippen MR) is 87.0 cm³/mol. The van der Waals surface area contributed by atoms with Crippen molar-refractivity contribution in [2.45, 2.75) is 0 Å². The molecule has 0 saturated heterocycles. The molecule has 4 rings (SSSR count). The lowest BCUT2D eigenvalue weighted by atomic mass is 10.1. The van der Waals surface area contributed by atoms with Gasteiger partial charge >= 0.3 is 0 Å². The minimum absolute atomic E-state index is 0.278. The average Bonchev–Trinajstić information content (AvgIpc) is 3.22. The van der Waals surface area contributed by atoms with Crippen LogP contribution < -0.4 is 0 Å². The Hall–Kier alpha value is -3.14. The number of halogens is 1. The van der Waals surface area contributed by atoms with E-state index in [9.17, 15) is 4.39 Å². The van der Waals surface area contributed by atoms with Crippen LogP contribution >= 0.6 is 0 Å². The Morgan fingerprint density at radius 2 is 1.87 bits per heavy atom. The lowest BCUT2D eigenvalue weighted by Crippen LogP contribution is -1.79. The molecule has 0 fully saturated rings. The fourth-order valence-electron chi connectivity index (χ4n) is 2.38. The smallest absolute Gasteiger partial charge is 0.220 e. The molecule has 4 aromatic rings. The molecule has 0 amide bonds. The average molecular weight is 305 g/mol. The maximum atomic E-state index is 13.6. The Balaban J connectivity index is 1.68. The van der Waals surface area contributed by atoms with Gasteiger partial charge in [0.15, 0.2) is 5.58 Å². The van der Waals surface area contributed by atoms with Crippen LogP contribution in [0.15, 0.2) is 69.7 Å². The molecule has 0 unspecified atom stereocenters. The van der Waals surface area contributed by atoms with Crippen molar-refractivity contribution in [1.82, 2.24) is 4.98 Å². The molecule has 0 saturated carbocycles. The van der Waals surface area contributed by atoms with E-state index in [-0.39, 0.29) is 5.82 Å². The number of benzene rings is 2. The van der Waals surface area contributed by atoms with Crippen LogP contribution in [0.4, 0.5) is 4.39 Å². The number of fused-ring (bicyclic) bond motifs is 1. The fourth-order valence-corrected chi connectivity index (χ4v) is 2.38. The molecule has 2 heterocycles. The molecular formula is C19H12FNO2. The summed E-state index contributed by atoms with van der Waals surface area (Å²) in [6.07, 6.45) is 4.93. The van der Waals surface area contributed by atoms with Gasteiger partial charge in [0.25, 0.3) is 0 Å². The third kappa shape index (κ3) is 2.66. The zero-order chi connectivity index (χ0) is 15.6. The zero-order valence-corrected chi connectivity index (χ0v) is 12.1. The van der Waals surface area contributed by atoms with Crippen LogP contribution in [0.25, 0.3) is 34.6 Å². The Kier molecular flexibility index (Phi) is 3.27. The van der Waals surface area contributed by atoms with Gasteiger partial charge in [0.2, 0.25) is 5.89 Å². The molecular weight excluding hydrogens is 293 g/mol. The van der Waals surface area contributed by atoms with Crippen LogP contribution in [0.3, 0.4) is 0 Å². The lowest BCUT2D eigenvalue weighted by Gasteiger charge is -1.94. The van der Waals surface area contributed by atoms with Crippen molar-refractivity contribution in [3.63, 3.8) is 0 Å². The van der Waals surface area contributed by atoms with E-state index in [2.05, 4.69) is 4.98 Å².